The highest BCUT2D eigenvalue weighted by Crippen LogP contribution is 2.62. The molecule has 2 bridgehead atoms. The van der Waals surface area contributed by atoms with E-state index in [9.17, 15) is 9.18 Å². The Morgan fingerprint density at radius 1 is 1.23 bits per heavy atom. The van der Waals surface area contributed by atoms with Crippen molar-refractivity contribution >= 4 is 16.8 Å². The minimum atomic E-state index is -0.388. The first-order valence-corrected chi connectivity index (χ1v) is 13.1. The van der Waals surface area contributed by atoms with Gasteiger partial charge in [0.15, 0.2) is 0 Å². The van der Waals surface area contributed by atoms with Crippen LogP contribution in [-0.4, -0.2) is 61.4 Å². The minimum absolute atomic E-state index is 0.0516. The lowest BCUT2D eigenvalue weighted by Crippen LogP contribution is -2.52. The number of hydrogen-bond donors (Lipinski definition) is 1. The summed E-state index contributed by atoms with van der Waals surface area (Å²) in [6, 6.07) is 3.02. The van der Waals surface area contributed by atoms with Crippen molar-refractivity contribution in [2.75, 3.05) is 40.0 Å². The zero-order valence-corrected chi connectivity index (χ0v) is 21.9. The van der Waals surface area contributed by atoms with Crippen molar-refractivity contribution < 1.29 is 18.7 Å². The Labute approximate surface area is 208 Å². The second-order valence-electron chi connectivity index (χ2n) is 11.7. The molecule has 3 aliphatic rings. The van der Waals surface area contributed by atoms with Crippen LogP contribution in [0.2, 0.25) is 0 Å². The fourth-order valence-corrected chi connectivity index (χ4v) is 7.41. The van der Waals surface area contributed by atoms with Crippen molar-refractivity contribution in [3.63, 3.8) is 0 Å². The molecule has 1 saturated heterocycles. The predicted octanol–water partition coefficient (Wildman–Crippen LogP) is 4.76. The molecule has 7 heteroatoms. The molecule has 1 aromatic heterocycles. The number of fused-ring (bicyclic) bond motifs is 3. The van der Waals surface area contributed by atoms with E-state index in [-0.39, 0.29) is 28.6 Å². The summed E-state index contributed by atoms with van der Waals surface area (Å²) in [6.07, 6.45) is 4.48. The van der Waals surface area contributed by atoms with Crippen molar-refractivity contribution in [1.29, 1.82) is 0 Å². The maximum atomic E-state index is 14.6. The average Bonchev–Trinajstić information content (AvgIpc) is 3.41. The monoisotopic (exact) mass is 485 g/mol. The van der Waals surface area contributed by atoms with Crippen molar-refractivity contribution in [3.05, 3.63) is 29.2 Å². The van der Waals surface area contributed by atoms with Crippen LogP contribution in [0.15, 0.2) is 12.1 Å². The maximum absolute atomic E-state index is 14.6. The number of carbonyl (C=O) groups is 1. The van der Waals surface area contributed by atoms with Crippen LogP contribution in [0.4, 0.5) is 4.39 Å². The van der Waals surface area contributed by atoms with Crippen LogP contribution in [0, 0.1) is 29.5 Å². The molecule has 0 radical (unpaired) electrons. The SMILES string of the molecule is COc1cc(F)cc2c(C(=O)NC3C4(C)CCC(C4)C3(C)C)c(C)n(CCCN3CCOCC3)c12. The van der Waals surface area contributed by atoms with Gasteiger partial charge in [-0.2, -0.15) is 0 Å². The molecule has 2 saturated carbocycles. The van der Waals surface area contributed by atoms with E-state index in [2.05, 4.69) is 35.6 Å². The van der Waals surface area contributed by atoms with E-state index in [0.717, 1.165) is 69.9 Å². The Bertz CT molecular complexity index is 1120. The number of carbonyl (C=O) groups excluding carboxylic acids is 1. The summed E-state index contributed by atoms with van der Waals surface area (Å²) in [7, 11) is 1.56. The summed E-state index contributed by atoms with van der Waals surface area (Å²) >= 11 is 0. The number of hydrogen-bond acceptors (Lipinski definition) is 4. The minimum Gasteiger partial charge on any atom is -0.494 e. The van der Waals surface area contributed by atoms with Crippen molar-refractivity contribution in [2.45, 2.75) is 66.0 Å². The van der Waals surface area contributed by atoms with Gasteiger partial charge in [-0.15, -0.1) is 0 Å². The van der Waals surface area contributed by atoms with E-state index in [1.54, 1.807) is 7.11 Å². The zero-order chi connectivity index (χ0) is 25.0. The van der Waals surface area contributed by atoms with Gasteiger partial charge >= 0.3 is 0 Å². The molecule has 2 aliphatic carbocycles. The van der Waals surface area contributed by atoms with Gasteiger partial charge in [0.05, 0.1) is 31.4 Å². The van der Waals surface area contributed by atoms with Gasteiger partial charge in [-0.1, -0.05) is 20.8 Å². The molecule has 1 amide bonds. The van der Waals surface area contributed by atoms with Gasteiger partial charge in [0, 0.05) is 49.4 Å². The normalized spacial score (nSPS) is 28.1. The number of amides is 1. The number of morpholine rings is 1. The molecule has 3 atom stereocenters. The number of benzene rings is 1. The predicted molar refractivity (Wildman–Crippen MR) is 136 cm³/mol. The fourth-order valence-electron chi connectivity index (χ4n) is 7.41. The number of aromatic nitrogens is 1. The molecule has 0 spiro atoms. The lowest BCUT2D eigenvalue weighted by molar-refractivity contribution is 0.0369. The molecule has 1 aromatic carbocycles. The topological polar surface area (TPSA) is 55.7 Å². The number of aryl methyl sites for hydroxylation is 1. The standard InChI is InChI=1S/C28H40FN3O3/c1-18-23(25(33)30-26-27(2,3)19-7-8-28(26,4)17-19)21-15-20(29)16-22(34-5)24(21)32(18)10-6-9-31-11-13-35-14-12-31/h15-16,19,26H,6-14,17H2,1-5H3,(H,30,33). The second kappa shape index (κ2) is 9.07. The van der Waals surface area contributed by atoms with Crippen molar-refractivity contribution in [1.82, 2.24) is 14.8 Å². The van der Waals surface area contributed by atoms with E-state index in [4.69, 9.17) is 9.47 Å². The summed E-state index contributed by atoms with van der Waals surface area (Å²) in [5, 5.41) is 4.06. The molecule has 3 fully saturated rings. The number of halogens is 1. The van der Waals surface area contributed by atoms with E-state index in [1.807, 2.05) is 6.92 Å². The third-order valence-electron chi connectivity index (χ3n) is 9.30. The quantitative estimate of drug-likeness (QED) is 0.614. The summed E-state index contributed by atoms with van der Waals surface area (Å²) < 4.78 is 27.8. The molecule has 192 valence electrons. The summed E-state index contributed by atoms with van der Waals surface area (Å²) in [5.74, 6) is 0.624. The van der Waals surface area contributed by atoms with Gasteiger partial charge in [0.1, 0.15) is 11.6 Å². The molecular weight excluding hydrogens is 445 g/mol. The molecule has 2 heterocycles. The molecular formula is C28H40FN3O3. The van der Waals surface area contributed by atoms with Gasteiger partial charge < -0.3 is 19.4 Å². The first-order valence-electron chi connectivity index (χ1n) is 13.1. The van der Waals surface area contributed by atoms with Crippen LogP contribution in [-0.2, 0) is 11.3 Å². The molecule has 2 aromatic rings. The number of nitrogens with zero attached hydrogens (tertiary/aromatic N) is 2. The van der Waals surface area contributed by atoms with Gasteiger partial charge in [0.25, 0.3) is 5.91 Å². The lowest BCUT2D eigenvalue weighted by atomic mass is 9.68. The Kier molecular flexibility index (Phi) is 6.37. The number of rotatable bonds is 7. The van der Waals surface area contributed by atoms with Crippen LogP contribution in [0.3, 0.4) is 0 Å². The highest BCUT2D eigenvalue weighted by Gasteiger charge is 2.59. The maximum Gasteiger partial charge on any atom is 0.253 e. The Morgan fingerprint density at radius 3 is 2.63 bits per heavy atom. The second-order valence-corrected chi connectivity index (χ2v) is 11.7. The van der Waals surface area contributed by atoms with E-state index < -0.39 is 0 Å². The highest BCUT2D eigenvalue weighted by molar-refractivity contribution is 6.10. The molecule has 35 heavy (non-hydrogen) atoms. The van der Waals surface area contributed by atoms with Crippen LogP contribution in [0.5, 0.6) is 5.75 Å². The number of methoxy groups -OCH3 is 1. The van der Waals surface area contributed by atoms with Gasteiger partial charge in [0.2, 0.25) is 0 Å². The number of nitrogens with one attached hydrogen (secondary N) is 1. The smallest absolute Gasteiger partial charge is 0.253 e. The van der Waals surface area contributed by atoms with Crippen LogP contribution in [0.25, 0.3) is 10.9 Å². The largest absolute Gasteiger partial charge is 0.494 e. The van der Waals surface area contributed by atoms with Gasteiger partial charge in [-0.25, -0.2) is 4.39 Å². The van der Waals surface area contributed by atoms with Crippen molar-refractivity contribution in [3.8, 4) is 5.75 Å². The lowest BCUT2D eigenvalue weighted by Gasteiger charge is -2.43. The third-order valence-corrected chi connectivity index (χ3v) is 9.30. The zero-order valence-electron chi connectivity index (χ0n) is 21.9. The molecule has 6 nitrogen and oxygen atoms in total. The molecule has 3 unspecified atom stereocenters. The fraction of sp³-hybridized carbons (Fsp3) is 0.679. The highest BCUT2D eigenvalue weighted by atomic mass is 19.1. The Morgan fingerprint density at radius 2 is 1.97 bits per heavy atom. The van der Waals surface area contributed by atoms with E-state index >= 15 is 0 Å². The summed E-state index contributed by atoms with van der Waals surface area (Å²) in [4.78, 5) is 16.3. The van der Waals surface area contributed by atoms with Crippen LogP contribution < -0.4 is 10.1 Å². The average molecular weight is 486 g/mol. The van der Waals surface area contributed by atoms with E-state index in [0.29, 0.717) is 22.6 Å². The van der Waals surface area contributed by atoms with Gasteiger partial charge in [-0.05, 0) is 55.4 Å². The van der Waals surface area contributed by atoms with Crippen molar-refractivity contribution in [2.24, 2.45) is 16.7 Å². The number of ether oxygens (including phenoxy) is 2. The first kappa shape index (κ1) is 24.6. The first-order chi connectivity index (χ1) is 16.7. The molecule has 1 aliphatic heterocycles. The third kappa shape index (κ3) is 4.14. The Balaban J connectivity index is 1.47. The Hall–Kier alpha value is -2.12. The molecule has 5 rings (SSSR count). The van der Waals surface area contributed by atoms with Crippen LogP contribution in [0.1, 0.15) is 62.5 Å². The van der Waals surface area contributed by atoms with Crippen LogP contribution >= 0.6 is 0 Å². The summed E-state index contributed by atoms with van der Waals surface area (Å²) in [6.45, 7) is 14.0. The molecule has 1 N–H and O–H groups in total. The summed E-state index contributed by atoms with van der Waals surface area (Å²) in [5.41, 5.74) is 2.42. The van der Waals surface area contributed by atoms with Gasteiger partial charge in [-0.3, -0.25) is 9.69 Å². The van der Waals surface area contributed by atoms with E-state index in [1.165, 1.54) is 18.6 Å².